The molecular weight excluding hydrogens is 196 g/mol. The first-order valence-electron chi connectivity index (χ1n) is 7.20. The minimum absolute atomic E-state index is 0.708. The zero-order valence-electron chi connectivity index (χ0n) is 11.6. The molecule has 2 nitrogen and oxygen atoms in total. The summed E-state index contributed by atoms with van der Waals surface area (Å²) in [5.41, 5.74) is 0. The van der Waals surface area contributed by atoms with Gasteiger partial charge in [-0.25, -0.2) is 0 Å². The molecule has 0 aromatic heterocycles. The summed E-state index contributed by atoms with van der Waals surface area (Å²) in [6, 6.07) is 1.46. The fourth-order valence-corrected chi connectivity index (χ4v) is 2.94. The standard InChI is InChI=1S/C14H30N2/c1-5-13(6-2)12(4)16-10-8-9-15-14(7-3)11-16/h12-15H,5-11H2,1-4H3. The fourth-order valence-electron chi connectivity index (χ4n) is 2.94. The van der Waals surface area contributed by atoms with E-state index in [0.29, 0.717) is 6.04 Å². The highest BCUT2D eigenvalue weighted by Crippen LogP contribution is 2.20. The van der Waals surface area contributed by atoms with E-state index in [2.05, 4.69) is 37.9 Å². The van der Waals surface area contributed by atoms with E-state index in [1.54, 1.807) is 0 Å². The maximum Gasteiger partial charge on any atom is 0.0192 e. The molecule has 1 aliphatic heterocycles. The van der Waals surface area contributed by atoms with E-state index in [9.17, 15) is 0 Å². The third-order valence-electron chi connectivity index (χ3n) is 4.31. The number of hydrogen-bond acceptors (Lipinski definition) is 2. The van der Waals surface area contributed by atoms with Crippen LogP contribution in [0.1, 0.15) is 53.4 Å². The van der Waals surface area contributed by atoms with Crippen LogP contribution in [0.25, 0.3) is 0 Å². The van der Waals surface area contributed by atoms with Gasteiger partial charge < -0.3 is 5.32 Å². The van der Waals surface area contributed by atoms with E-state index in [0.717, 1.165) is 12.0 Å². The van der Waals surface area contributed by atoms with Gasteiger partial charge in [0.2, 0.25) is 0 Å². The monoisotopic (exact) mass is 226 g/mol. The molecule has 0 aromatic rings. The highest BCUT2D eigenvalue weighted by atomic mass is 15.2. The number of nitrogens with one attached hydrogen (secondary N) is 1. The summed E-state index contributed by atoms with van der Waals surface area (Å²) in [5.74, 6) is 0.871. The van der Waals surface area contributed by atoms with Gasteiger partial charge in [0.15, 0.2) is 0 Å². The van der Waals surface area contributed by atoms with Crippen molar-refractivity contribution >= 4 is 0 Å². The van der Waals surface area contributed by atoms with E-state index in [1.165, 1.54) is 45.3 Å². The van der Waals surface area contributed by atoms with E-state index in [4.69, 9.17) is 0 Å². The Morgan fingerprint density at radius 2 is 1.94 bits per heavy atom. The van der Waals surface area contributed by atoms with Crippen LogP contribution < -0.4 is 5.32 Å². The molecule has 0 aromatic carbocycles. The molecule has 2 unspecified atom stereocenters. The first-order chi connectivity index (χ1) is 7.72. The second-order valence-corrected chi connectivity index (χ2v) is 5.22. The van der Waals surface area contributed by atoms with Gasteiger partial charge in [-0.05, 0) is 38.8 Å². The van der Waals surface area contributed by atoms with E-state index < -0.39 is 0 Å². The smallest absolute Gasteiger partial charge is 0.0192 e. The number of rotatable bonds is 5. The maximum absolute atomic E-state index is 3.65. The Morgan fingerprint density at radius 1 is 1.25 bits per heavy atom. The van der Waals surface area contributed by atoms with Crippen molar-refractivity contribution in [1.29, 1.82) is 0 Å². The minimum atomic E-state index is 0.708. The summed E-state index contributed by atoms with van der Waals surface area (Å²) in [5, 5.41) is 3.65. The average molecular weight is 226 g/mol. The summed E-state index contributed by atoms with van der Waals surface area (Å²) in [6.45, 7) is 13.1. The third-order valence-corrected chi connectivity index (χ3v) is 4.31. The van der Waals surface area contributed by atoms with Gasteiger partial charge in [0.1, 0.15) is 0 Å². The molecule has 1 saturated heterocycles. The summed E-state index contributed by atoms with van der Waals surface area (Å²) in [6.07, 6.45) is 5.20. The van der Waals surface area contributed by atoms with E-state index in [-0.39, 0.29) is 0 Å². The molecular formula is C14H30N2. The molecule has 16 heavy (non-hydrogen) atoms. The van der Waals surface area contributed by atoms with Crippen LogP contribution in [0.5, 0.6) is 0 Å². The average Bonchev–Trinajstić information content (AvgIpc) is 2.55. The van der Waals surface area contributed by atoms with Crippen LogP contribution in [0, 0.1) is 5.92 Å². The first-order valence-corrected chi connectivity index (χ1v) is 7.20. The predicted molar refractivity (Wildman–Crippen MR) is 71.8 cm³/mol. The molecule has 1 heterocycles. The molecule has 0 radical (unpaired) electrons. The molecule has 96 valence electrons. The molecule has 1 rings (SSSR count). The molecule has 1 aliphatic rings. The zero-order chi connectivity index (χ0) is 12.0. The third kappa shape index (κ3) is 3.74. The Hall–Kier alpha value is -0.0800. The highest BCUT2D eigenvalue weighted by Gasteiger charge is 2.24. The van der Waals surface area contributed by atoms with Gasteiger partial charge in [0.25, 0.3) is 0 Å². The molecule has 0 spiro atoms. The van der Waals surface area contributed by atoms with Gasteiger partial charge in [-0.1, -0.05) is 33.6 Å². The summed E-state index contributed by atoms with van der Waals surface area (Å²) in [4.78, 5) is 2.71. The summed E-state index contributed by atoms with van der Waals surface area (Å²) < 4.78 is 0. The second-order valence-electron chi connectivity index (χ2n) is 5.22. The topological polar surface area (TPSA) is 15.3 Å². The molecule has 0 amide bonds. The van der Waals surface area contributed by atoms with Crippen molar-refractivity contribution in [3.05, 3.63) is 0 Å². The summed E-state index contributed by atoms with van der Waals surface area (Å²) >= 11 is 0. The van der Waals surface area contributed by atoms with Crippen molar-refractivity contribution in [3.8, 4) is 0 Å². The van der Waals surface area contributed by atoms with Crippen LogP contribution in [0.3, 0.4) is 0 Å². The maximum atomic E-state index is 3.65. The zero-order valence-corrected chi connectivity index (χ0v) is 11.6. The van der Waals surface area contributed by atoms with Gasteiger partial charge in [-0.2, -0.15) is 0 Å². The Balaban J connectivity index is 2.55. The second kappa shape index (κ2) is 7.29. The largest absolute Gasteiger partial charge is 0.313 e. The minimum Gasteiger partial charge on any atom is -0.313 e. The fraction of sp³-hybridized carbons (Fsp3) is 1.00. The molecule has 0 saturated carbocycles. The van der Waals surface area contributed by atoms with Crippen LogP contribution in [-0.4, -0.2) is 36.6 Å². The van der Waals surface area contributed by atoms with Gasteiger partial charge >= 0.3 is 0 Å². The van der Waals surface area contributed by atoms with Crippen molar-refractivity contribution in [2.24, 2.45) is 5.92 Å². The van der Waals surface area contributed by atoms with Gasteiger partial charge in [0.05, 0.1) is 0 Å². The Bertz CT molecular complexity index is 178. The molecule has 1 N–H and O–H groups in total. The molecule has 0 aliphatic carbocycles. The predicted octanol–water partition coefficient (Wildman–Crippen LogP) is 2.89. The van der Waals surface area contributed by atoms with Gasteiger partial charge in [-0.15, -0.1) is 0 Å². The normalized spacial score (nSPS) is 25.7. The van der Waals surface area contributed by atoms with Crippen molar-refractivity contribution in [2.45, 2.75) is 65.5 Å². The van der Waals surface area contributed by atoms with Gasteiger partial charge in [-0.3, -0.25) is 4.90 Å². The van der Waals surface area contributed by atoms with Crippen LogP contribution in [0.15, 0.2) is 0 Å². The van der Waals surface area contributed by atoms with Crippen molar-refractivity contribution in [1.82, 2.24) is 10.2 Å². The lowest BCUT2D eigenvalue weighted by atomic mass is 9.94. The Morgan fingerprint density at radius 3 is 2.50 bits per heavy atom. The highest BCUT2D eigenvalue weighted by molar-refractivity contribution is 4.81. The van der Waals surface area contributed by atoms with Crippen molar-refractivity contribution < 1.29 is 0 Å². The molecule has 0 bridgehead atoms. The van der Waals surface area contributed by atoms with Crippen LogP contribution in [-0.2, 0) is 0 Å². The Labute approximate surface area is 102 Å². The molecule has 1 fully saturated rings. The van der Waals surface area contributed by atoms with Gasteiger partial charge in [0, 0.05) is 18.6 Å². The van der Waals surface area contributed by atoms with E-state index in [1.807, 2.05) is 0 Å². The number of hydrogen-bond donors (Lipinski definition) is 1. The summed E-state index contributed by atoms with van der Waals surface area (Å²) in [7, 11) is 0. The lowest BCUT2D eigenvalue weighted by molar-refractivity contribution is 0.145. The molecule has 2 heteroatoms. The van der Waals surface area contributed by atoms with E-state index >= 15 is 0 Å². The van der Waals surface area contributed by atoms with Crippen LogP contribution in [0.2, 0.25) is 0 Å². The molecule has 2 atom stereocenters. The van der Waals surface area contributed by atoms with Crippen molar-refractivity contribution in [2.75, 3.05) is 19.6 Å². The lowest BCUT2D eigenvalue weighted by Gasteiger charge is -2.34. The number of nitrogens with zero attached hydrogens (tertiary/aromatic N) is 1. The lowest BCUT2D eigenvalue weighted by Crippen LogP contribution is -2.44. The Kier molecular flexibility index (Phi) is 6.37. The van der Waals surface area contributed by atoms with Crippen LogP contribution >= 0.6 is 0 Å². The van der Waals surface area contributed by atoms with Crippen molar-refractivity contribution in [3.63, 3.8) is 0 Å². The first kappa shape index (κ1) is 14.0. The van der Waals surface area contributed by atoms with Crippen LogP contribution in [0.4, 0.5) is 0 Å². The quantitative estimate of drug-likeness (QED) is 0.775. The SMILES string of the molecule is CCC1CN(C(C)C(CC)CC)CCCN1.